The van der Waals surface area contributed by atoms with Gasteiger partial charge in [0.15, 0.2) is 0 Å². The van der Waals surface area contributed by atoms with E-state index >= 15 is 0 Å². The van der Waals surface area contributed by atoms with Gasteiger partial charge in [0.2, 0.25) is 0 Å². The van der Waals surface area contributed by atoms with Crippen LogP contribution in [0.15, 0.2) is 46.1 Å². The van der Waals surface area contributed by atoms with E-state index in [4.69, 9.17) is 0 Å². The summed E-state index contributed by atoms with van der Waals surface area (Å²) in [6.07, 6.45) is 9.03. The summed E-state index contributed by atoms with van der Waals surface area (Å²) in [7, 11) is 0. The first-order valence-electron chi connectivity index (χ1n) is 5.83. The van der Waals surface area contributed by atoms with Crippen LogP contribution in [-0.4, -0.2) is 0 Å². The van der Waals surface area contributed by atoms with Gasteiger partial charge in [0.25, 0.3) is 0 Å². The first-order valence-corrected chi connectivity index (χ1v) is 5.83. The zero-order valence-electron chi connectivity index (χ0n) is 10.2. The zero-order valence-corrected chi connectivity index (χ0v) is 10.2. The van der Waals surface area contributed by atoms with E-state index in [1.54, 1.807) is 16.7 Å². The topological polar surface area (TPSA) is 0 Å². The van der Waals surface area contributed by atoms with Crippen molar-refractivity contribution in [2.75, 3.05) is 0 Å². The predicted octanol–water partition coefficient (Wildman–Crippen LogP) is 4.57. The Labute approximate surface area is 93.1 Å². The molecule has 1 atom stereocenters. The summed E-state index contributed by atoms with van der Waals surface area (Å²) >= 11 is 0. The molecule has 0 aromatic rings. The highest BCUT2D eigenvalue weighted by atomic mass is 14.3. The molecule has 0 saturated heterocycles. The maximum Gasteiger partial charge on any atom is -0.000935 e. The van der Waals surface area contributed by atoms with Gasteiger partial charge in [-0.2, -0.15) is 0 Å². The molecule has 0 aromatic carbocycles. The van der Waals surface area contributed by atoms with Gasteiger partial charge in [-0.15, -0.1) is 0 Å². The molecule has 0 N–H and O–H groups in total. The summed E-state index contributed by atoms with van der Waals surface area (Å²) in [6.45, 7) is 9.15. The molecule has 0 nitrogen and oxygen atoms in total. The molecule has 0 aliphatic heterocycles. The SMILES string of the molecule is CC1=C(C)C(C)C(CC2=CC=CC2)=C1C. The van der Waals surface area contributed by atoms with Crippen LogP contribution in [0.5, 0.6) is 0 Å². The molecule has 0 spiro atoms. The molecule has 2 rings (SSSR count). The normalized spacial score (nSPS) is 25.6. The van der Waals surface area contributed by atoms with Crippen LogP contribution in [0.2, 0.25) is 0 Å². The monoisotopic (exact) mass is 200 g/mol. The molecule has 0 saturated carbocycles. The van der Waals surface area contributed by atoms with E-state index < -0.39 is 0 Å². The van der Waals surface area contributed by atoms with Crippen molar-refractivity contribution in [2.24, 2.45) is 5.92 Å². The summed E-state index contributed by atoms with van der Waals surface area (Å²) in [5.74, 6) is 0.659. The molecule has 2 aliphatic carbocycles. The van der Waals surface area contributed by atoms with Crippen LogP contribution in [0.3, 0.4) is 0 Å². The molecule has 0 amide bonds. The number of rotatable bonds is 2. The molecule has 2 aliphatic rings. The van der Waals surface area contributed by atoms with Gasteiger partial charge in [0, 0.05) is 0 Å². The molecule has 15 heavy (non-hydrogen) atoms. The molecule has 0 bridgehead atoms. The third-order valence-electron chi connectivity index (χ3n) is 4.07. The maximum absolute atomic E-state index is 2.34. The lowest BCUT2D eigenvalue weighted by Crippen LogP contribution is -1.98. The van der Waals surface area contributed by atoms with Gasteiger partial charge < -0.3 is 0 Å². The van der Waals surface area contributed by atoms with Gasteiger partial charge in [0.05, 0.1) is 0 Å². The van der Waals surface area contributed by atoms with Crippen molar-refractivity contribution >= 4 is 0 Å². The summed E-state index contributed by atoms with van der Waals surface area (Å²) < 4.78 is 0. The minimum atomic E-state index is 0.659. The maximum atomic E-state index is 2.34. The molecule has 0 aromatic heterocycles. The molecule has 0 fully saturated rings. The van der Waals surface area contributed by atoms with Gasteiger partial charge in [-0.3, -0.25) is 0 Å². The minimum Gasteiger partial charge on any atom is -0.0804 e. The van der Waals surface area contributed by atoms with Gasteiger partial charge in [-0.25, -0.2) is 0 Å². The van der Waals surface area contributed by atoms with Crippen LogP contribution in [0.4, 0.5) is 0 Å². The first kappa shape index (κ1) is 10.5. The van der Waals surface area contributed by atoms with Crippen molar-refractivity contribution in [3.8, 4) is 0 Å². The Hall–Kier alpha value is -1.04. The predicted molar refractivity (Wildman–Crippen MR) is 66.7 cm³/mol. The van der Waals surface area contributed by atoms with Crippen LogP contribution in [0, 0.1) is 5.92 Å². The standard InChI is InChI=1S/C15H20/c1-10-11(2)13(4)15(12(10)3)9-14-7-5-6-8-14/h5-7,12H,8-9H2,1-4H3. The van der Waals surface area contributed by atoms with Crippen molar-refractivity contribution in [2.45, 2.75) is 40.5 Å². The summed E-state index contributed by atoms with van der Waals surface area (Å²) in [6, 6.07) is 0. The van der Waals surface area contributed by atoms with E-state index in [9.17, 15) is 0 Å². The second-order valence-electron chi connectivity index (χ2n) is 4.81. The fraction of sp³-hybridized carbons (Fsp3) is 0.467. The van der Waals surface area contributed by atoms with Crippen LogP contribution >= 0.6 is 0 Å². The second kappa shape index (κ2) is 3.84. The molecule has 0 radical (unpaired) electrons. The van der Waals surface area contributed by atoms with Crippen LogP contribution < -0.4 is 0 Å². The van der Waals surface area contributed by atoms with E-state index in [1.807, 2.05) is 0 Å². The highest BCUT2D eigenvalue weighted by Crippen LogP contribution is 2.40. The fourth-order valence-corrected chi connectivity index (χ4v) is 2.60. The number of hydrogen-bond acceptors (Lipinski definition) is 0. The lowest BCUT2D eigenvalue weighted by molar-refractivity contribution is 0.776. The van der Waals surface area contributed by atoms with E-state index in [1.165, 1.54) is 17.6 Å². The largest absolute Gasteiger partial charge is 0.0804 e. The second-order valence-corrected chi connectivity index (χ2v) is 4.81. The third kappa shape index (κ3) is 1.73. The number of hydrogen-bond donors (Lipinski definition) is 0. The minimum absolute atomic E-state index is 0.659. The fourth-order valence-electron chi connectivity index (χ4n) is 2.60. The van der Waals surface area contributed by atoms with Crippen LogP contribution in [0.25, 0.3) is 0 Å². The van der Waals surface area contributed by atoms with Crippen molar-refractivity contribution < 1.29 is 0 Å². The van der Waals surface area contributed by atoms with E-state index in [-0.39, 0.29) is 0 Å². The Morgan fingerprint density at radius 3 is 2.40 bits per heavy atom. The Balaban J connectivity index is 2.18. The van der Waals surface area contributed by atoms with Crippen molar-refractivity contribution in [1.29, 1.82) is 0 Å². The van der Waals surface area contributed by atoms with Gasteiger partial charge in [0.1, 0.15) is 0 Å². The van der Waals surface area contributed by atoms with Gasteiger partial charge in [-0.1, -0.05) is 41.9 Å². The average molecular weight is 200 g/mol. The van der Waals surface area contributed by atoms with E-state index in [0.29, 0.717) is 5.92 Å². The molecule has 80 valence electrons. The summed E-state index contributed by atoms with van der Waals surface area (Å²) in [5.41, 5.74) is 7.82. The Morgan fingerprint density at radius 1 is 1.20 bits per heavy atom. The van der Waals surface area contributed by atoms with Crippen molar-refractivity contribution in [3.63, 3.8) is 0 Å². The molecule has 1 unspecified atom stereocenters. The Kier molecular flexibility index (Phi) is 2.68. The zero-order chi connectivity index (χ0) is 11.0. The number of allylic oxidation sites excluding steroid dienone is 8. The van der Waals surface area contributed by atoms with Crippen LogP contribution in [0.1, 0.15) is 40.5 Å². The first-order chi connectivity index (χ1) is 7.11. The highest BCUT2D eigenvalue weighted by molar-refractivity contribution is 5.48. The quantitative estimate of drug-likeness (QED) is 0.612. The summed E-state index contributed by atoms with van der Waals surface area (Å²) in [5, 5.41) is 0. The average Bonchev–Trinajstić information content (AvgIpc) is 2.79. The highest BCUT2D eigenvalue weighted by Gasteiger charge is 2.23. The Bertz CT molecular complexity index is 400. The molecular formula is C15H20. The molecule has 0 heterocycles. The van der Waals surface area contributed by atoms with E-state index in [2.05, 4.69) is 45.9 Å². The van der Waals surface area contributed by atoms with Crippen molar-refractivity contribution in [3.05, 3.63) is 46.1 Å². The smallest absolute Gasteiger partial charge is 0.000935 e. The van der Waals surface area contributed by atoms with Crippen LogP contribution in [-0.2, 0) is 0 Å². The van der Waals surface area contributed by atoms with Gasteiger partial charge in [-0.05, 0) is 50.7 Å². The lowest BCUT2D eigenvalue weighted by Gasteiger charge is -2.13. The van der Waals surface area contributed by atoms with Gasteiger partial charge >= 0.3 is 0 Å². The summed E-state index contributed by atoms with van der Waals surface area (Å²) in [4.78, 5) is 0. The molecule has 0 heteroatoms. The Morgan fingerprint density at radius 2 is 1.93 bits per heavy atom. The van der Waals surface area contributed by atoms with Crippen molar-refractivity contribution in [1.82, 2.24) is 0 Å². The van der Waals surface area contributed by atoms with E-state index in [0.717, 1.165) is 6.42 Å². The lowest BCUT2D eigenvalue weighted by atomic mass is 9.92. The molecular weight excluding hydrogens is 180 g/mol. The third-order valence-corrected chi connectivity index (χ3v) is 4.07.